The Morgan fingerprint density at radius 1 is 1.21 bits per heavy atom. The monoisotopic (exact) mass is 481 g/mol. The van der Waals surface area contributed by atoms with Crippen molar-refractivity contribution in [2.75, 3.05) is 13.7 Å². The zero-order valence-electron chi connectivity index (χ0n) is 15.2. The van der Waals surface area contributed by atoms with Crippen molar-refractivity contribution in [1.82, 2.24) is 4.90 Å². The first-order valence-corrected chi connectivity index (χ1v) is 10.4. The Kier molecular flexibility index (Phi) is 6.69. The van der Waals surface area contributed by atoms with Gasteiger partial charge < -0.3 is 9.47 Å². The normalized spacial score (nSPS) is 15.4. The van der Waals surface area contributed by atoms with Gasteiger partial charge in [0.15, 0.2) is 11.5 Å². The highest BCUT2D eigenvalue weighted by atomic mass is 79.9. The average molecular weight is 483 g/mol. The fraction of sp³-hybridized carbons (Fsp3) is 0.200. The average Bonchev–Trinajstić information content (AvgIpc) is 2.93. The summed E-state index contributed by atoms with van der Waals surface area (Å²) in [5.74, 6) is 0.794. The van der Waals surface area contributed by atoms with Crippen molar-refractivity contribution in [1.29, 1.82) is 0 Å². The van der Waals surface area contributed by atoms with Crippen molar-refractivity contribution in [2.24, 2.45) is 0 Å². The third-order valence-corrected chi connectivity index (χ3v) is 5.99. The van der Waals surface area contributed by atoms with Crippen molar-refractivity contribution < 1.29 is 19.1 Å². The molecular weight excluding hydrogens is 466 g/mol. The molecular formula is C20H17BrClNO4S. The molecule has 0 radical (unpaired) electrons. The maximum Gasteiger partial charge on any atom is 0.293 e. The van der Waals surface area contributed by atoms with Gasteiger partial charge in [-0.15, -0.1) is 0 Å². The second kappa shape index (κ2) is 9.03. The van der Waals surface area contributed by atoms with Crippen molar-refractivity contribution in [2.45, 2.75) is 13.5 Å². The van der Waals surface area contributed by atoms with Gasteiger partial charge in [0.25, 0.3) is 11.1 Å². The summed E-state index contributed by atoms with van der Waals surface area (Å²) in [6.45, 7) is 2.52. The molecule has 8 heteroatoms. The molecule has 0 unspecified atom stereocenters. The summed E-state index contributed by atoms with van der Waals surface area (Å²) in [4.78, 5) is 26.7. The Morgan fingerprint density at radius 3 is 2.64 bits per heavy atom. The summed E-state index contributed by atoms with van der Waals surface area (Å²) in [7, 11) is 1.55. The first kappa shape index (κ1) is 20.8. The SMILES string of the molecule is CCOc1cc(Br)c(/C=C2\SC(=O)N(Cc3ccccc3Cl)C2=O)cc1OC. The highest BCUT2D eigenvalue weighted by Gasteiger charge is 2.35. The van der Waals surface area contributed by atoms with Crippen LogP contribution in [-0.4, -0.2) is 29.8 Å². The van der Waals surface area contributed by atoms with E-state index in [1.165, 1.54) is 4.90 Å². The molecule has 1 aliphatic heterocycles. The van der Waals surface area contributed by atoms with Gasteiger partial charge in [-0.25, -0.2) is 0 Å². The summed E-state index contributed by atoms with van der Waals surface area (Å²) in [5, 5.41) is 0.190. The van der Waals surface area contributed by atoms with Gasteiger partial charge >= 0.3 is 0 Å². The van der Waals surface area contributed by atoms with Gasteiger partial charge in [-0.3, -0.25) is 14.5 Å². The number of imide groups is 1. The number of amides is 2. The molecule has 1 fully saturated rings. The van der Waals surface area contributed by atoms with Gasteiger partial charge in [0.1, 0.15) is 0 Å². The van der Waals surface area contributed by atoms with E-state index in [-0.39, 0.29) is 17.7 Å². The molecule has 5 nitrogen and oxygen atoms in total. The number of carbonyl (C=O) groups is 2. The lowest BCUT2D eigenvalue weighted by molar-refractivity contribution is -0.123. The maximum absolute atomic E-state index is 12.8. The zero-order chi connectivity index (χ0) is 20.3. The van der Waals surface area contributed by atoms with Crippen LogP contribution in [0.4, 0.5) is 4.79 Å². The molecule has 0 atom stereocenters. The van der Waals surface area contributed by atoms with Crippen molar-refractivity contribution in [3.63, 3.8) is 0 Å². The molecule has 0 bridgehead atoms. The van der Waals surface area contributed by atoms with Crippen LogP contribution < -0.4 is 9.47 Å². The first-order valence-electron chi connectivity index (χ1n) is 8.43. The van der Waals surface area contributed by atoms with Crippen LogP contribution in [0.1, 0.15) is 18.1 Å². The fourth-order valence-electron chi connectivity index (χ4n) is 2.66. The van der Waals surface area contributed by atoms with Crippen LogP contribution >= 0.6 is 39.3 Å². The van der Waals surface area contributed by atoms with Crippen LogP contribution in [0.25, 0.3) is 6.08 Å². The summed E-state index contributed by atoms with van der Waals surface area (Å²) in [6.07, 6.45) is 1.67. The third-order valence-electron chi connectivity index (χ3n) is 4.03. The molecule has 2 amide bonds. The van der Waals surface area contributed by atoms with Crippen molar-refractivity contribution >= 4 is 56.5 Å². The predicted octanol–water partition coefficient (Wildman–Crippen LogP) is 5.75. The van der Waals surface area contributed by atoms with Crippen LogP contribution in [0.2, 0.25) is 5.02 Å². The minimum absolute atomic E-state index is 0.134. The third kappa shape index (κ3) is 4.37. The van der Waals surface area contributed by atoms with E-state index in [9.17, 15) is 9.59 Å². The number of halogens is 2. The van der Waals surface area contributed by atoms with Crippen LogP contribution in [-0.2, 0) is 11.3 Å². The molecule has 0 aliphatic carbocycles. The second-order valence-corrected chi connectivity index (χ2v) is 8.07. The second-order valence-electron chi connectivity index (χ2n) is 5.82. The van der Waals surface area contributed by atoms with Gasteiger partial charge in [-0.05, 0) is 54.1 Å². The topological polar surface area (TPSA) is 55.8 Å². The number of thioether (sulfide) groups is 1. The number of nitrogens with zero attached hydrogens (tertiary/aromatic N) is 1. The van der Waals surface area contributed by atoms with Crippen LogP contribution in [0.3, 0.4) is 0 Å². The van der Waals surface area contributed by atoms with E-state index < -0.39 is 0 Å². The molecule has 1 saturated heterocycles. The highest BCUT2D eigenvalue weighted by molar-refractivity contribution is 9.10. The lowest BCUT2D eigenvalue weighted by atomic mass is 10.1. The molecule has 1 aliphatic rings. The summed E-state index contributed by atoms with van der Waals surface area (Å²) in [5.41, 5.74) is 1.43. The molecule has 0 N–H and O–H groups in total. The predicted molar refractivity (Wildman–Crippen MR) is 115 cm³/mol. The molecule has 1 heterocycles. The van der Waals surface area contributed by atoms with E-state index in [1.54, 1.807) is 43.5 Å². The highest BCUT2D eigenvalue weighted by Crippen LogP contribution is 2.38. The lowest BCUT2D eigenvalue weighted by Crippen LogP contribution is -2.27. The Balaban J connectivity index is 1.88. The van der Waals surface area contributed by atoms with E-state index >= 15 is 0 Å². The maximum atomic E-state index is 12.8. The summed E-state index contributed by atoms with van der Waals surface area (Å²) < 4.78 is 11.6. The standard InChI is InChI=1S/C20H17BrClNO4S/c1-3-27-17-10-14(21)13(8-16(17)26-2)9-18-19(24)23(20(25)28-18)11-12-6-4-5-7-15(12)22/h4-10H,3,11H2,1-2H3/b18-9-. The number of hydrogen-bond acceptors (Lipinski definition) is 5. The van der Waals surface area contributed by atoms with Gasteiger partial charge in [-0.2, -0.15) is 0 Å². The number of methoxy groups -OCH3 is 1. The molecule has 146 valence electrons. The molecule has 3 rings (SSSR count). The zero-order valence-corrected chi connectivity index (χ0v) is 18.4. The number of carbonyl (C=O) groups excluding carboxylic acids is 2. The minimum atomic E-state index is -0.352. The smallest absolute Gasteiger partial charge is 0.293 e. The minimum Gasteiger partial charge on any atom is -0.493 e. The molecule has 2 aromatic rings. The van der Waals surface area contributed by atoms with Crippen LogP contribution in [0, 0.1) is 0 Å². The Labute approximate surface area is 180 Å². The summed E-state index contributed by atoms with van der Waals surface area (Å²) in [6, 6.07) is 10.7. The molecule has 0 spiro atoms. The van der Waals surface area contributed by atoms with Gasteiger partial charge in [0.05, 0.1) is 25.2 Å². The molecule has 0 aromatic heterocycles. The Morgan fingerprint density at radius 2 is 1.96 bits per heavy atom. The quantitative estimate of drug-likeness (QED) is 0.491. The Bertz CT molecular complexity index is 963. The number of benzene rings is 2. The number of rotatable bonds is 6. The first-order chi connectivity index (χ1) is 13.4. The molecule has 2 aromatic carbocycles. The van der Waals surface area contributed by atoms with Crippen molar-refractivity contribution in [3.8, 4) is 11.5 Å². The summed E-state index contributed by atoms with van der Waals surface area (Å²) >= 11 is 10.5. The van der Waals surface area contributed by atoms with E-state index in [1.807, 2.05) is 13.0 Å². The van der Waals surface area contributed by atoms with Crippen molar-refractivity contribution in [3.05, 3.63) is 61.9 Å². The van der Waals surface area contributed by atoms with E-state index in [4.69, 9.17) is 21.1 Å². The van der Waals surface area contributed by atoms with E-state index in [0.29, 0.717) is 33.6 Å². The fourth-order valence-corrected chi connectivity index (χ4v) is 4.13. The van der Waals surface area contributed by atoms with Crippen LogP contribution in [0.15, 0.2) is 45.8 Å². The number of hydrogen-bond donors (Lipinski definition) is 0. The lowest BCUT2D eigenvalue weighted by Gasteiger charge is -2.13. The van der Waals surface area contributed by atoms with Crippen LogP contribution in [0.5, 0.6) is 11.5 Å². The Hall–Kier alpha value is -1.96. The largest absolute Gasteiger partial charge is 0.493 e. The van der Waals surface area contributed by atoms with E-state index in [0.717, 1.165) is 21.8 Å². The van der Waals surface area contributed by atoms with E-state index in [2.05, 4.69) is 15.9 Å². The van der Waals surface area contributed by atoms with Gasteiger partial charge in [0.2, 0.25) is 0 Å². The molecule has 28 heavy (non-hydrogen) atoms. The van der Waals surface area contributed by atoms with Gasteiger partial charge in [-0.1, -0.05) is 45.7 Å². The molecule has 0 saturated carbocycles. The number of ether oxygens (including phenoxy) is 2. The van der Waals surface area contributed by atoms with Gasteiger partial charge in [0, 0.05) is 9.50 Å².